The van der Waals surface area contributed by atoms with E-state index in [1.165, 1.54) is 11.6 Å². The number of carbonyl (C=O) groups is 1. The topological polar surface area (TPSA) is 20.3 Å². The normalized spacial score (nSPS) is 9.28. The zero-order valence-corrected chi connectivity index (χ0v) is 14.1. The zero-order valence-electron chi connectivity index (χ0n) is 14.1. The maximum absolute atomic E-state index is 11.9. The third kappa shape index (κ3) is 5.33. The van der Waals surface area contributed by atoms with Gasteiger partial charge in [-0.1, -0.05) is 86.0 Å². The van der Waals surface area contributed by atoms with Gasteiger partial charge in [0.1, 0.15) is 0 Å². The number of nitrogens with zero attached hydrogens (tertiary/aromatic N) is 1. The average molecular weight is 327 g/mol. The van der Waals surface area contributed by atoms with Crippen LogP contribution in [0.25, 0.3) is 6.08 Å². The molecule has 0 atom stereocenters. The monoisotopic (exact) mass is 327 g/mol. The van der Waals surface area contributed by atoms with Crippen molar-refractivity contribution in [3.05, 3.63) is 116 Å². The van der Waals surface area contributed by atoms with Crippen molar-refractivity contribution in [3.63, 3.8) is 0 Å². The molecular weight excluding hydrogens is 306 g/mol. The first-order valence-corrected chi connectivity index (χ1v) is 8.00. The van der Waals surface area contributed by atoms with Gasteiger partial charge >= 0.3 is 0 Å². The molecule has 0 aliphatic rings. The summed E-state index contributed by atoms with van der Waals surface area (Å²) in [5.41, 5.74) is 2.85. The van der Waals surface area contributed by atoms with Crippen molar-refractivity contribution in [2.45, 2.75) is 0 Å². The van der Waals surface area contributed by atoms with Crippen molar-refractivity contribution in [1.29, 1.82) is 0 Å². The van der Waals surface area contributed by atoms with Crippen LogP contribution in [0.5, 0.6) is 0 Å². The van der Waals surface area contributed by atoms with E-state index in [4.69, 9.17) is 0 Å². The molecule has 0 heterocycles. The van der Waals surface area contributed by atoms with E-state index in [-0.39, 0.29) is 5.91 Å². The summed E-state index contributed by atoms with van der Waals surface area (Å²) in [5.74, 6) is -0.137. The Bertz CT molecular complexity index is 756. The van der Waals surface area contributed by atoms with E-state index in [0.717, 1.165) is 11.4 Å². The molecule has 1 amide bonds. The Morgan fingerprint density at radius 2 is 1.08 bits per heavy atom. The smallest absolute Gasteiger partial charge is 0.254 e. The van der Waals surface area contributed by atoms with Crippen molar-refractivity contribution in [1.82, 2.24) is 0 Å². The van der Waals surface area contributed by atoms with Crippen molar-refractivity contribution in [2.24, 2.45) is 0 Å². The highest BCUT2D eigenvalue weighted by atomic mass is 16.2. The molecule has 0 fully saturated rings. The fourth-order valence-corrected chi connectivity index (χ4v) is 2.24. The molecule has 0 aliphatic heterocycles. The Morgan fingerprint density at radius 1 is 0.680 bits per heavy atom. The van der Waals surface area contributed by atoms with Gasteiger partial charge in [0.2, 0.25) is 0 Å². The van der Waals surface area contributed by atoms with Crippen molar-refractivity contribution < 1.29 is 4.79 Å². The van der Waals surface area contributed by atoms with E-state index in [2.05, 4.69) is 13.2 Å². The first-order valence-electron chi connectivity index (χ1n) is 8.00. The summed E-state index contributed by atoms with van der Waals surface area (Å²) in [7, 11) is 0. The van der Waals surface area contributed by atoms with Gasteiger partial charge in [-0.15, -0.1) is 0 Å². The third-order valence-electron chi connectivity index (χ3n) is 3.46. The number of carbonyl (C=O) groups excluding carboxylic acids is 1. The first-order chi connectivity index (χ1) is 12.3. The molecule has 3 aromatic carbocycles. The number of anilines is 2. The number of benzene rings is 3. The van der Waals surface area contributed by atoms with E-state index in [1.54, 1.807) is 4.90 Å². The van der Waals surface area contributed by atoms with Gasteiger partial charge in [-0.3, -0.25) is 9.69 Å². The quantitative estimate of drug-likeness (QED) is 0.549. The predicted molar refractivity (Wildman–Crippen MR) is 107 cm³/mol. The van der Waals surface area contributed by atoms with Crippen LogP contribution in [0.15, 0.2) is 110 Å². The molecule has 0 N–H and O–H groups in total. The molecule has 0 bridgehead atoms. The Hall–Kier alpha value is -3.39. The Balaban J connectivity index is 0.000000236. The molecule has 0 radical (unpaired) electrons. The van der Waals surface area contributed by atoms with Gasteiger partial charge in [0.05, 0.1) is 0 Å². The average Bonchev–Trinajstić information content (AvgIpc) is 2.71. The lowest BCUT2D eigenvalue weighted by atomic mass is 10.2. The van der Waals surface area contributed by atoms with Crippen molar-refractivity contribution in [3.8, 4) is 0 Å². The van der Waals surface area contributed by atoms with Gasteiger partial charge in [-0.2, -0.15) is 0 Å². The second kappa shape index (κ2) is 9.68. The molecule has 2 nitrogen and oxygen atoms in total. The fourth-order valence-electron chi connectivity index (χ4n) is 2.24. The van der Waals surface area contributed by atoms with E-state index >= 15 is 0 Å². The van der Waals surface area contributed by atoms with Gasteiger partial charge in [-0.05, 0) is 35.9 Å². The van der Waals surface area contributed by atoms with E-state index in [9.17, 15) is 4.79 Å². The van der Waals surface area contributed by atoms with Crippen LogP contribution >= 0.6 is 0 Å². The summed E-state index contributed by atoms with van der Waals surface area (Å²) in [6.07, 6.45) is 3.15. The molecule has 124 valence electrons. The van der Waals surface area contributed by atoms with Crippen LogP contribution < -0.4 is 4.90 Å². The lowest BCUT2D eigenvalue weighted by Crippen LogP contribution is -2.23. The number of hydrogen-bond acceptors (Lipinski definition) is 1. The first kappa shape index (κ1) is 18.0. The molecule has 3 aromatic rings. The number of rotatable bonds is 4. The summed E-state index contributed by atoms with van der Waals surface area (Å²) < 4.78 is 0. The Morgan fingerprint density at radius 3 is 1.40 bits per heavy atom. The summed E-state index contributed by atoms with van der Waals surface area (Å²) >= 11 is 0. The van der Waals surface area contributed by atoms with Crippen LogP contribution in [0.1, 0.15) is 5.56 Å². The molecule has 0 aliphatic carbocycles. The van der Waals surface area contributed by atoms with E-state index in [0.29, 0.717) is 0 Å². The van der Waals surface area contributed by atoms with Gasteiger partial charge < -0.3 is 0 Å². The van der Waals surface area contributed by atoms with Crippen LogP contribution in [-0.2, 0) is 4.79 Å². The molecular formula is C23H21NO. The molecule has 0 saturated heterocycles. The summed E-state index contributed by atoms with van der Waals surface area (Å²) in [4.78, 5) is 13.6. The third-order valence-corrected chi connectivity index (χ3v) is 3.46. The minimum atomic E-state index is -0.137. The summed E-state index contributed by atoms with van der Waals surface area (Å²) in [6.45, 7) is 7.17. The van der Waals surface area contributed by atoms with Crippen LogP contribution in [0, 0.1) is 0 Å². The molecule has 0 aromatic heterocycles. The predicted octanol–water partition coefficient (Wildman–Crippen LogP) is 5.87. The molecule has 0 saturated carbocycles. The highest BCUT2D eigenvalue weighted by Crippen LogP contribution is 2.24. The van der Waals surface area contributed by atoms with Gasteiger partial charge in [0.15, 0.2) is 0 Å². The molecule has 0 spiro atoms. The zero-order chi connectivity index (χ0) is 17.9. The Kier molecular flexibility index (Phi) is 6.95. The highest BCUT2D eigenvalue weighted by molar-refractivity contribution is 6.06. The van der Waals surface area contributed by atoms with Crippen LogP contribution in [0.4, 0.5) is 11.4 Å². The van der Waals surface area contributed by atoms with Crippen LogP contribution in [0.2, 0.25) is 0 Å². The Labute approximate surface area is 149 Å². The number of para-hydroxylation sites is 2. The molecule has 3 rings (SSSR count). The number of hydrogen-bond donors (Lipinski definition) is 0. The summed E-state index contributed by atoms with van der Waals surface area (Å²) in [5, 5.41) is 0. The van der Waals surface area contributed by atoms with Gasteiger partial charge in [-0.25, -0.2) is 0 Å². The SMILES string of the molecule is C=CC(=O)N(c1ccccc1)c1ccccc1.C=Cc1ccccc1. The highest BCUT2D eigenvalue weighted by Gasteiger charge is 2.13. The fraction of sp³-hybridized carbons (Fsp3) is 0. The minimum Gasteiger partial charge on any atom is -0.278 e. The van der Waals surface area contributed by atoms with E-state index < -0.39 is 0 Å². The summed E-state index contributed by atoms with van der Waals surface area (Å²) in [6, 6.07) is 29.1. The lowest BCUT2D eigenvalue weighted by Gasteiger charge is -2.21. The maximum Gasteiger partial charge on any atom is 0.254 e. The molecule has 2 heteroatoms. The maximum atomic E-state index is 11.9. The number of amides is 1. The molecule has 25 heavy (non-hydrogen) atoms. The van der Waals surface area contributed by atoms with Crippen molar-refractivity contribution >= 4 is 23.4 Å². The standard InChI is InChI=1S/C15H13NO.C8H8/c1-2-15(17)16(13-9-5-3-6-10-13)14-11-7-4-8-12-14;1-2-8-6-4-3-5-7-8/h2-12H,1H2;2-7H,1H2. The lowest BCUT2D eigenvalue weighted by molar-refractivity contribution is -0.113. The van der Waals surface area contributed by atoms with Crippen LogP contribution in [-0.4, -0.2) is 5.91 Å². The van der Waals surface area contributed by atoms with E-state index in [1.807, 2.05) is 97.1 Å². The largest absolute Gasteiger partial charge is 0.278 e. The second-order valence-electron chi connectivity index (χ2n) is 5.16. The van der Waals surface area contributed by atoms with Crippen molar-refractivity contribution in [2.75, 3.05) is 4.90 Å². The van der Waals surface area contributed by atoms with Crippen LogP contribution in [0.3, 0.4) is 0 Å². The minimum absolute atomic E-state index is 0.137. The molecule has 0 unspecified atom stereocenters. The van der Waals surface area contributed by atoms with Gasteiger partial charge in [0, 0.05) is 11.4 Å². The second-order valence-corrected chi connectivity index (χ2v) is 5.16. The van der Waals surface area contributed by atoms with Gasteiger partial charge in [0.25, 0.3) is 5.91 Å².